The maximum atomic E-state index is 12.7. The van der Waals surface area contributed by atoms with Gasteiger partial charge in [0.25, 0.3) is 0 Å². The Morgan fingerprint density at radius 3 is 2.57 bits per heavy atom. The fourth-order valence-electron chi connectivity index (χ4n) is 3.12. The Morgan fingerprint density at radius 2 is 1.86 bits per heavy atom. The monoisotopic (exact) mass is 442 g/mol. The lowest BCUT2D eigenvalue weighted by molar-refractivity contribution is -0.121. The largest absolute Gasteiger partial charge is 0.352 e. The van der Waals surface area contributed by atoms with E-state index in [0.717, 1.165) is 11.1 Å². The molecule has 1 aliphatic carbocycles. The lowest BCUT2D eigenvalue weighted by Gasteiger charge is -2.09. The Labute approximate surface area is 177 Å². The number of anilines is 1. The number of hydrogen-bond donors (Lipinski definition) is 2. The van der Waals surface area contributed by atoms with Gasteiger partial charge in [-0.3, -0.25) is 14.0 Å². The minimum atomic E-state index is -1.20. The van der Waals surface area contributed by atoms with Crippen molar-refractivity contribution in [1.82, 2.24) is 5.32 Å². The van der Waals surface area contributed by atoms with Crippen LogP contribution in [0.2, 0.25) is 5.02 Å². The summed E-state index contributed by atoms with van der Waals surface area (Å²) in [6.07, 6.45) is -0.170. The normalized spacial score (nSPS) is 19.7. The van der Waals surface area contributed by atoms with Crippen molar-refractivity contribution in [3.63, 3.8) is 0 Å². The molecule has 8 heteroatoms. The van der Waals surface area contributed by atoms with Crippen molar-refractivity contribution in [3.8, 4) is 0 Å². The summed E-state index contributed by atoms with van der Waals surface area (Å²) in [6, 6.07) is 14.1. The molecule has 2 N–H and O–H groups in total. The van der Waals surface area contributed by atoms with Gasteiger partial charge in [0.05, 0.1) is 19.0 Å². The summed E-state index contributed by atoms with van der Waals surface area (Å²) in [6.45, 7) is -0.457. The first-order valence-electron chi connectivity index (χ1n) is 8.68. The maximum Gasteiger partial charge on any atom is 0.231 e. The summed E-state index contributed by atoms with van der Waals surface area (Å²) >= 11 is 18.7. The third-order valence-electron chi connectivity index (χ3n) is 4.55. The van der Waals surface area contributed by atoms with E-state index < -0.39 is 16.9 Å². The Kier molecular flexibility index (Phi) is 6.48. The van der Waals surface area contributed by atoms with Gasteiger partial charge in [-0.15, -0.1) is 23.2 Å². The van der Waals surface area contributed by atoms with Crippen molar-refractivity contribution in [2.24, 2.45) is 5.92 Å². The molecule has 3 rings (SSSR count). The van der Waals surface area contributed by atoms with Crippen LogP contribution in [-0.2, 0) is 16.1 Å². The van der Waals surface area contributed by atoms with Crippen molar-refractivity contribution in [3.05, 3.63) is 64.7 Å². The second kappa shape index (κ2) is 8.68. The molecule has 2 amide bonds. The van der Waals surface area contributed by atoms with Crippen LogP contribution in [0.4, 0.5) is 10.1 Å². The molecule has 0 saturated heterocycles. The first kappa shape index (κ1) is 20.9. The molecular formula is C20H18Cl3FN2O2. The third-order valence-corrected chi connectivity index (χ3v) is 5.73. The zero-order valence-electron chi connectivity index (χ0n) is 14.7. The summed E-state index contributed by atoms with van der Waals surface area (Å²) in [5.74, 6) is -1.62. The second-order valence-electron chi connectivity index (χ2n) is 6.59. The molecule has 1 fully saturated rings. The van der Waals surface area contributed by atoms with Gasteiger partial charge in [-0.1, -0.05) is 35.9 Å². The Bertz CT molecular complexity index is 891. The molecule has 28 heavy (non-hydrogen) atoms. The summed E-state index contributed by atoms with van der Waals surface area (Å²) in [5, 5.41) is 5.98. The van der Waals surface area contributed by atoms with Gasteiger partial charge < -0.3 is 10.6 Å². The van der Waals surface area contributed by atoms with Crippen LogP contribution < -0.4 is 10.6 Å². The molecule has 2 atom stereocenters. The Hall–Kier alpha value is -1.82. The molecule has 0 spiro atoms. The number of rotatable bonds is 7. The minimum Gasteiger partial charge on any atom is -0.352 e. The van der Waals surface area contributed by atoms with Crippen molar-refractivity contribution in [2.75, 3.05) is 12.0 Å². The highest BCUT2D eigenvalue weighted by molar-refractivity contribution is 6.53. The summed E-state index contributed by atoms with van der Waals surface area (Å²) in [4.78, 5) is 24.1. The van der Waals surface area contributed by atoms with Gasteiger partial charge in [0.15, 0.2) is 0 Å². The van der Waals surface area contributed by atoms with E-state index in [1.54, 1.807) is 42.5 Å². The van der Waals surface area contributed by atoms with E-state index >= 15 is 0 Å². The fraction of sp³-hybridized carbons (Fsp3) is 0.300. The van der Waals surface area contributed by atoms with E-state index in [1.165, 1.54) is 0 Å². The summed E-state index contributed by atoms with van der Waals surface area (Å²) in [5.41, 5.74) is 2.14. The molecule has 0 aliphatic heterocycles. The highest BCUT2D eigenvalue weighted by Gasteiger charge is 2.67. The van der Waals surface area contributed by atoms with Crippen LogP contribution in [0.25, 0.3) is 0 Å². The number of hydrogen-bond acceptors (Lipinski definition) is 2. The van der Waals surface area contributed by atoms with Crippen molar-refractivity contribution >= 4 is 52.3 Å². The molecular weight excluding hydrogens is 426 g/mol. The minimum absolute atomic E-state index is 0.170. The number of nitrogens with one attached hydrogen (secondary N) is 2. The Balaban J connectivity index is 1.65. The van der Waals surface area contributed by atoms with Gasteiger partial charge in [0.2, 0.25) is 11.8 Å². The number of amides is 2. The average Bonchev–Trinajstić information content (AvgIpc) is 3.23. The van der Waals surface area contributed by atoms with Crippen LogP contribution in [0.1, 0.15) is 23.5 Å². The fourth-order valence-corrected chi connectivity index (χ4v) is 4.15. The summed E-state index contributed by atoms with van der Waals surface area (Å²) < 4.78 is 11.0. The number of benzene rings is 2. The van der Waals surface area contributed by atoms with Crippen LogP contribution in [0, 0.1) is 5.92 Å². The van der Waals surface area contributed by atoms with Gasteiger partial charge >= 0.3 is 0 Å². The zero-order valence-corrected chi connectivity index (χ0v) is 17.0. The molecule has 148 valence electrons. The van der Waals surface area contributed by atoms with Crippen LogP contribution >= 0.6 is 34.8 Å². The predicted molar refractivity (Wildman–Crippen MR) is 110 cm³/mol. The number of alkyl halides is 3. The highest BCUT2D eigenvalue weighted by Crippen LogP contribution is 2.65. The SMILES string of the molecule is O=C(CCF)NCc1cccc(NC(=O)C2C(c3cccc(Cl)c3)C2(Cl)Cl)c1. The van der Waals surface area contributed by atoms with E-state index in [9.17, 15) is 14.0 Å². The number of halogens is 4. The highest BCUT2D eigenvalue weighted by atomic mass is 35.5. The predicted octanol–water partition coefficient (Wildman–Crippen LogP) is 4.84. The average molecular weight is 444 g/mol. The maximum absolute atomic E-state index is 12.7. The van der Waals surface area contributed by atoms with Gasteiger partial charge in [-0.2, -0.15) is 0 Å². The quantitative estimate of drug-likeness (QED) is 0.602. The zero-order chi connectivity index (χ0) is 20.3. The molecule has 2 aromatic rings. The van der Waals surface area contributed by atoms with E-state index in [0.29, 0.717) is 10.7 Å². The van der Waals surface area contributed by atoms with E-state index in [2.05, 4.69) is 10.6 Å². The number of carbonyl (C=O) groups excluding carboxylic acids is 2. The molecule has 0 bridgehead atoms. The molecule has 4 nitrogen and oxygen atoms in total. The first-order valence-corrected chi connectivity index (χ1v) is 9.82. The van der Waals surface area contributed by atoms with Crippen LogP contribution in [0.5, 0.6) is 0 Å². The topological polar surface area (TPSA) is 58.2 Å². The molecule has 1 saturated carbocycles. The lowest BCUT2D eigenvalue weighted by atomic mass is 10.1. The van der Waals surface area contributed by atoms with Gasteiger partial charge in [0, 0.05) is 23.2 Å². The summed E-state index contributed by atoms with van der Waals surface area (Å²) in [7, 11) is 0. The van der Waals surface area contributed by atoms with Crippen LogP contribution in [0.15, 0.2) is 48.5 Å². The van der Waals surface area contributed by atoms with E-state index in [-0.39, 0.29) is 30.7 Å². The third kappa shape index (κ3) is 4.77. The van der Waals surface area contributed by atoms with Crippen molar-refractivity contribution in [1.29, 1.82) is 0 Å². The molecule has 2 aromatic carbocycles. The van der Waals surface area contributed by atoms with Crippen LogP contribution in [0.3, 0.4) is 0 Å². The van der Waals surface area contributed by atoms with Gasteiger partial charge in [-0.05, 0) is 35.4 Å². The van der Waals surface area contributed by atoms with Gasteiger partial charge in [0.1, 0.15) is 4.33 Å². The smallest absolute Gasteiger partial charge is 0.231 e. The van der Waals surface area contributed by atoms with Crippen LogP contribution in [-0.4, -0.2) is 22.8 Å². The molecule has 0 radical (unpaired) electrons. The molecule has 1 aliphatic rings. The van der Waals surface area contributed by atoms with E-state index in [4.69, 9.17) is 34.8 Å². The van der Waals surface area contributed by atoms with Crippen molar-refractivity contribution < 1.29 is 14.0 Å². The van der Waals surface area contributed by atoms with Gasteiger partial charge in [-0.25, -0.2) is 0 Å². The van der Waals surface area contributed by atoms with E-state index in [1.807, 2.05) is 6.07 Å². The Morgan fingerprint density at radius 1 is 1.11 bits per heavy atom. The van der Waals surface area contributed by atoms with Crippen molar-refractivity contribution in [2.45, 2.75) is 23.2 Å². The standard InChI is InChI=1S/C20H18Cl3FN2O2/c21-14-5-2-4-13(10-14)17-18(20(17,22)23)19(28)26-15-6-1-3-12(9-15)11-25-16(27)7-8-24/h1-6,9-10,17-18H,7-8,11H2,(H,25,27)(H,26,28). The molecule has 0 aromatic heterocycles. The number of carbonyl (C=O) groups is 2. The molecule has 0 heterocycles. The second-order valence-corrected chi connectivity index (χ2v) is 8.47. The first-order chi connectivity index (χ1) is 13.3. The lowest BCUT2D eigenvalue weighted by Crippen LogP contribution is -2.23. The molecule has 2 unspecified atom stereocenters.